The van der Waals surface area contributed by atoms with Crippen molar-refractivity contribution in [1.82, 2.24) is 14.9 Å². The van der Waals surface area contributed by atoms with Crippen LogP contribution in [0.2, 0.25) is 5.02 Å². The lowest BCUT2D eigenvalue weighted by molar-refractivity contribution is -0.134. The third kappa shape index (κ3) is 9.59. The van der Waals surface area contributed by atoms with Crippen molar-refractivity contribution >= 4 is 29.7 Å². The number of amides is 2. The number of methoxy groups -OCH3 is 1. The van der Waals surface area contributed by atoms with Gasteiger partial charge in [0.15, 0.2) is 0 Å². The minimum Gasteiger partial charge on any atom is -0.492 e. The van der Waals surface area contributed by atoms with Gasteiger partial charge in [-0.15, -0.1) is 0 Å². The fourth-order valence-electron chi connectivity index (χ4n) is 4.97. The van der Waals surface area contributed by atoms with Crippen molar-refractivity contribution in [1.29, 1.82) is 0 Å². The van der Waals surface area contributed by atoms with Crippen LogP contribution in [0.15, 0.2) is 78.9 Å². The molecule has 1 fully saturated rings. The van der Waals surface area contributed by atoms with Crippen LogP contribution in [0.5, 0.6) is 5.75 Å². The number of esters is 1. The number of urea groups is 1. The molecule has 0 aliphatic carbocycles. The van der Waals surface area contributed by atoms with Gasteiger partial charge in [0.05, 0.1) is 19.7 Å². The van der Waals surface area contributed by atoms with Crippen LogP contribution in [-0.4, -0.2) is 85.1 Å². The van der Waals surface area contributed by atoms with E-state index in [0.717, 1.165) is 37.7 Å². The van der Waals surface area contributed by atoms with Crippen LogP contribution in [0, 0.1) is 11.8 Å². The van der Waals surface area contributed by atoms with Crippen LogP contribution in [0.25, 0.3) is 6.08 Å². The first-order valence-electron chi connectivity index (χ1n) is 14.4. The molecule has 10 heteroatoms. The molecule has 0 aromatic heterocycles. The van der Waals surface area contributed by atoms with Gasteiger partial charge in [-0.3, -0.25) is 15.0 Å². The molecule has 1 saturated heterocycles. The molecular weight excluding hydrogens is 580 g/mol. The topological polar surface area (TPSA) is 109 Å². The maximum atomic E-state index is 11.7. The van der Waals surface area contributed by atoms with E-state index in [1.54, 1.807) is 6.08 Å². The van der Waals surface area contributed by atoms with Gasteiger partial charge in [-0.25, -0.2) is 14.7 Å². The first kappa shape index (κ1) is 32.6. The molecule has 230 valence electrons. The zero-order valence-corrected chi connectivity index (χ0v) is 25.5. The largest absolute Gasteiger partial charge is 0.492 e. The zero-order chi connectivity index (χ0) is 31.3. The van der Waals surface area contributed by atoms with Crippen molar-refractivity contribution in [3.63, 3.8) is 0 Å². The Balaban J connectivity index is 1.35. The fourth-order valence-corrected chi connectivity index (χ4v) is 5.10. The molecule has 3 aromatic carbocycles. The molecule has 0 unspecified atom stereocenters. The number of hydrogen-bond acceptors (Lipinski definition) is 7. The van der Waals surface area contributed by atoms with Crippen molar-refractivity contribution in [2.75, 3.05) is 53.0 Å². The number of hydrogen-bond donors (Lipinski definition) is 2. The number of nitrogens with two attached hydrogens (primary N) is 1. The maximum absolute atomic E-state index is 11.7. The lowest BCUT2D eigenvalue weighted by Gasteiger charge is -2.39. The van der Waals surface area contributed by atoms with Crippen LogP contribution in [0.3, 0.4) is 0 Å². The molecule has 3 aromatic rings. The summed E-state index contributed by atoms with van der Waals surface area (Å²) < 4.78 is 10.9. The average molecular weight is 617 g/mol. The van der Waals surface area contributed by atoms with Crippen LogP contribution < -0.4 is 10.5 Å². The van der Waals surface area contributed by atoms with Gasteiger partial charge in [-0.05, 0) is 47.5 Å². The Kier molecular flexibility index (Phi) is 12.2. The van der Waals surface area contributed by atoms with Gasteiger partial charge in [0, 0.05) is 61.4 Å². The van der Waals surface area contributed by atoms with E-state index in [0.29, 0.717) is 28.5 Å². The molecule has 1 aliphatic heterocycles. The van der Waals surface area contributed by atoms with Gasteiger partial charge >= 0.3 is 12.0 Å². The molecular formula is C34H37ClN4O5. The summed E-state index contributed by atoms with van der Waals surface area (Å²) in [4.78, 5) is 27.6. The second-order valence-electron chi connectivity index (χ2n) is 10.2. The van der Waals surface area contributed by atoms with E-state index in [9.17, 15) is 14.8 Å². The number of ether oxygens (including phenoxy) is 2. The van der Waals surface area contributed by atoms with Crippen LogP contribution in [-0.2, 0) is 9.53 Å². The quantitative estimate of drug-likeness (QED) is 0.105. The predicted octanol–water partition coefficient (Wildman–Crippen LogP) is 4.82. The van der Waals surface area contributed by atoms with Gasteiger partial charge in [0.2, 0.25) is 0 Å². The Bertz CT molecular complexity index is 1480. The van der Waals surface area contributed by atoms with E-state index in [-0.39, 0.29) is 19.0 Å². The molecule has 1 aliphatic rings. The van der Waals surface area contributed by atoms with Gasteiger partial charge in [-0.1, -0.05) is 65.9 Å². The van der Waals surface area contributed by atoms with E-state index in [2.05, 4.69) is 58.0 Å². The molecule has 4 rings (SSSR count). The zero-order valence-electron chi connectivity index (χ0n) is 24.7. The number of halogens is 1. The van der Waals surface area contributed by atoms with Crippen molar-refractivity contribution in [2.45, 2.75) is 12.5 Å². The first-order valence-corrected chi connectivity index (χ1v) is 14.8. The van der Waals surface area contributed by atoms with E-state index in [1.165, 1.54) is 24.3 Å². The summed E-state index contributed by atoms with van der Waals surface area (Å²) in [6.45, 7) is 4.87. The Morgan fingerprint density at radius 3 is 2.43 bits per heavy atom. The number of primary amides is 1. The predicted molar refractivity (Wildman–Crippen MR) is 170 cm³/mol. The monoisotopic (exact) mass is 616 g/mol. The summed E-state index contributed by atoms with van der Waals surface area (Å²) in [5.41, 5.74) is 8.86. The Morgan fingerprint density at radius 2 is 1.75 bits per heavy atom. The highest BCUT2D eigenvalue weighted by Crippen LogP contribution is 2.30. The summed E-state index contributed by atoms with van der Waals surface area (Å²) in [6, 6.07) is 23.3. The summed E-state index contributed by atoms with van der Waals surface area (Å²) in [5, 5.41) is 10.5. The number of hydroxylamine groups is 2. The third-order valence-electron chi connectivity index (χ3n) is 7.28. The van der Waals surface area contributed by atoms with Crippen molar-refractivity contribution < 1.29 is 24.3 Å². The fraction of sp³-hybridized carbons (Fsp3) is 0.294. The normalized spacial score (nSPS) is 14.4. The van der Waals surface area contributed by atoms with Gasteiger partial charge in [-0.2, -0.15) is 0 Å². The standard InChI is InChI=1S/C34H37ClN4O5/c1-43-32(40)17-13-29-25-26(7-5-6-18-39(42)34(36)41)10-16-31(29)44-24-23-37-19-21-38(22-20-37)33(27-8-3-2-4-9-27)28-11-14-30(35)15-12-28/h2-4,8-17,25,33,42H,6,18-24H2,1H3,(H2,36,41)/t33-/m1/s1. The molecule has 9 nitrogen and oxygen atoms in total. The molecule has 3 N–H and O–H groups in total. The van der Waals surface area contributed by atoms with Crippen LogP contribution in [0.4, 0.5) is 4.79 Å². The number of benzene rings is 3. The van der Waals surface area contributed by atoms with E-state index in [1.807, 2.05) is 36.4 Å². The first-order chi connectivity index (χ1) is 21.3. The number of piperazine rings is 1. The summed E-state index contributed by atoms with van der Waals surface area (Å²) in [7, 11) is 1.32. The SMILES string of the molecule is COC(=O)C=Cc1cc(C#CCCN(O)C(N)=O)ccc1OCCN1CCN([C@H](c2ccccc2)c2ccc(Cl)cc2)CC1. The summed E-state index contributed by atoms with van der Waals surface area (Å²) in [6.07, 6.45) is 3.21. The summed E-state index contributed by atoms with van der Waals surface area (Å²) >= 11 is 6.18. The van der Waals surface area contributed by atoms with Gasteiger partial charge in [0.25, 0.3) is 0 Å². The molecule has 0 bridgehead atoms. The van der Waals surface area contributed by atoms with E-state index >= 15 is 0 Å². The van der Waals surface area contributed by atoms with Gasteiger partial charge in [0.1, 0.15) is 12.4 Å². The highest BCUT2D eigenvalue weighted by Gasteiger charge is 2.26. The molecule has 1 atom stereocenters. The Morgan fingerprint density at radius 1 is 1.05 bits per heavy atom. The highest BCUT2D eigenvalue weighted by molar-refractivity contribution is 6.30. The number of carbonyl (C=O) groups is 2. The van der Waals surface area contributed by atoms with Gasteiger partial charge < -0.3 is 15.2 Å². The molecule has 44 heavy (non-hydrogen) atoms. The minimum absolute atomic E-state index is 0.000920. The smallest absolute Gasteiger partial charge is 0.338 e. The Labute approximate surface area is 263 Å². The minimum atomic E-state index is -0.931. The third-order valence-corrected chi connectivity index (χ3v) is 7.54. The molecule has 0 radical (unpaired) electrons. The van der Waals surface area contributed by atoms with E-state index < -0.39 is 12.0 Å². The van der Waals surface area contributed by atoms with Crippen molar-refractivity contribution in [2.24, 2.45) is 5.73 Å². The van der Waals surface area contributed by atoms with Crippen molar-refractivity contribution in [3.8, 4) is 17.6 Å². The number of carbonyl (C=O) groups excluding carboxylic acids is 2. The highest BCUT2D eigenvalue weighted by atomic mass is 35.5. The lowest BCUT2D eigenvalue weighted by Crippen LogP contribution is -2.48. The van der Waals surface area contributed by atoms with Crippen molar-refractivity contribution in [3.05, 3.63) is 106 Å². The molecule has 2 amide bonds. The number of nitrogens with zero attached hydrogens (tertiary/aromatic N) is 3. The second kappa shape index (κ2) is 16.5. The lowest BCUT2D eigenvalue weighted by atomic mass is 9.96. The van der Waals surface area contributed by atoms with Crippen LogP contribution in [0.1, 0.15) is 34.7 Å². The second-order valence-corrected chi connectivity index (χ2v) is 10.6. The molecule has 0 saturated carbocycles. The summed E-state index contributed by atoms with van der Waals surface area (Å²) in [5.74, 6) is 6.03. The average Bonchev–Trinajstić information content (AvgIpc) is 3.04. The maximum Gasteiger partial charge on any atom is 0.338 e. The van der Waals surface area contributed by atoms with Crippen LogP contribution >= 0.6 is 11.6 Å². The van der Waals surface area contributed by atoms with E-state index in [4.69, 9.17) is 26.8 Å². The number of rotatable bonds is 11. The Hall–Kier alpha value is -4.33. The molecule has 1 heterocycles. The molecule has 0 spiro atoms.